The second kappa shape index (κ2) is 3.17. The Labute approximate surface area is 68.5 Å². The van der Waals surface area contributed by atoms with E-state index in [1.165, 1.54) is 11.8 Å². The van der Waals surface area contributed by atoms with Crippen LogP contribution in [0.3, 0.4) is 0 Å². The highest BCUT2D eigenvalue weighted by atomic mass is 32.2. The van der Waals surface area contributed by atoms with E-state index in [1.807, 2.05) is 0 Å². The smallest absolute Gasteiger partial charge is 0.163 e. The largest absolute Gasteiger partial charge is 0.302 e. The van der Waals surface area contributed by atoms with Crippen LogP contribution in [-0.4, -0.2) is 29.4 Å². The second-order valence-electron chi connectivity index (χ2n) is 2.41. The van der Waals surface area contributed by atoms with E-state index in [-0.39, 0.29) is 23.2 Å². The summed E-state index contributed by atoms with van der Waals surface area (Å²) in [5.41, 5.74) is 0. The summed E-state index contributed by atoms with van der Waals surface area (Å²) in [6.07, 6.45) is 2.44. The van der Waals surface area contributed by atoms with E-state index in [0.29, 0.717) is 6.29 Å². The molecule has 2 atom stereocenters. The highest BCUT2D eigenvalue weighted by Crippen LogP contribution is 2.25. The summed E-state index contributed by atoms with van der Waals surface area (Å²) in [6, 6.07) is 0. The average molecular weight is 172 g/mol. The normalized spacial score (nSPS) is 31.0. The molecule has 0 spiro atoms. The fourth-order valence-electron chi connectivity index (χ4n) is 1.11. The molecule has 0 N–H and O–H groups in total. The van der Waals surface area contributed by atoms with Crippen molar-refractivity contribution in [3.05, 3.63) is 0 Å². The molecule has 3 nitrogen and oxygen atoms in total. The van der Waals surface area contributed by atoms with Gasteiger partial charge in [-0.05, 0) is 6.26 Å². The van der Waals surface area contributed by atoms with Crippen LogP contribution in [0.4, 0.5) is 0 Å². The number of aldehydes is 1. The molecular weight excluding hydrogens is 164 g/mol. The van der Waals surface area contributed by atoms with Crippen LogP contribution in [0, 0.1) is 5.92 Å². The minimum atomic E-state index is -0.965. The summed E-state index contributed by atoms with van der Waals surface area (Å²) < 4.78 is 0. The molecule has 0 aliphatic heterocycles. The lowest BCUT2D eigenvalue weighted by Crippen LogP contribution is -2.19. The van der Waals surface area contributed by atoms with Crippen LogP contribution >= 0.6 is 11.8 Å². The van der Waals surface area contributed by atoms with E-state index >= 15 is 0 Å². The molecule has 0 aromatic heterocycles. The van der Waals surface area contributed by atoms with Gasteiger partial charge in [0.25, 0.3) is 0 Å². The third-order valence-corrected chi connectivity index (χ3v) is 2.75. The first kappa shape index (κ1) is 8.46. The molecule has 11 heavy (non-hydrogen) atoms. The molecule has 1 aliphatic rings. The predicted molar refractivity (Wildman–Crippen MR) is 41.5 cm³/mol. The Kier molecular flexibility index (Phi) is 2.44. The highest BCUT2D eigenvalue weighted by molar-refractivity contribution is 8.00. The quantitative estimate of drug-likeness (QED) is 0.437. The van der Waals surface area contributed by atoms with Crippen LogP contribution in [0.25, 0.3) is 0 Å². The van der Waals surface area contributed by atoms with Crippen molar-refractivity contribution in [3.8, 4) is 0 Å². The van der Waals surface area contributed by atoms with Crippen LogP contribution < -0.4 is 0 Å². The molecule has 0 bridgehead atoms. The number of carbonyl (C=O) groups is 3. The minimum Gasteiger partial charge on any atom is -0.302 e. The molecule has 0 amide bonds. The zero-order chi connectivity index (χ0) is 8.43. The summed E-state index contributed by atoms with van der Waals surface area (Å²) in [5.74, 6) is -1.42. The first-order valence-corrected chi connectivity index (χ1v) is 4.54. The van der Waals surface area contributed by atoms with Gasteiger partial charge in [-0.1, -0.05) is 0 Å². The highest BCUT2D eigenvalue weighted by Gasteiger charge is 2.40. The van der Waals surface area contributed by atoms with E-state index in [4.69, 9.17) is 0 Å². The fourth-order valence-corrected chi connectivity index (χ4v) is 1.82. The average Bonchev–Trinajstić information content (AvgIpc) is 2.26. The first-order chi connectivity index (χ1) is 5.20. The molecule has 4 heteroatoms. The van der Waals surface area contributed by atoms with E-state index in [1.54, 1.807) is 6.26 Å². The van der Waals surface area contributed by atoms with Gasteiger partial charge in [0.2, 0.25) is 0 Å². The Morgan fingerprint density at radius 2 is 2.18 bits per heavy atom. The lowest BCUT2D eigenvalue weighted by Gasteiger charge is -1.99. The monoisotopic (exact) mass is 172 g/mol. The van der Waals surface area contributed by atoms with Gasteiger partial charge >= 0.3 is 0 Å². The molecule has 1 saturated carbocycles. The summed E-state index contributed by atoms with van der Waals surface area (Å²) in [4.78, 5) is 32.3. The topological polar surface area (TPSA) is 51.2 Å². The second-order valence-corrected chi connectivity index (χ2v) is 3.45. The number of ketones is 2. The predicted octanol–water partition coefficient (Wildman–Crippen LogP) is 0.0750. The van der Waals surface area contributed by atoms with E-state index in [2.05, 4.69) is 0 Å². The van der Waals surface area contributed by atoms with Gasteiger partial charge < -0.3 is 4.79 Å². The van der Waals surface area contributed by atoms with Crippen molar-refractivity contribution in [1.29, 1.82) is 0 Å². The molecule has 0 aromatic carbocycles. The van der Waals surface area contributed by atoms with Crippen LogP contribution in [0.2, 0.25) is 0 Å². The minimum absolute atomic E-state index is 0.225. The number of hydrogen-bond donors (Lipinski definition) is 0. The van der Waals surface area contributed by atoms with Crippen LogP contribution in [0.15, 0.2) is 0 Å². The van der Waals surface area contributed by atoms with Crippen molar-refractivity contribution >= 4 is 29.6 Å². The summed E-state index contributed by atoms with van der Waals surface area (Å²) in [6.45, 7) is 0. The van der Waals surface area contributed by atoms with Gasteiger partial charge in [0.15, 0.2) is 11.6 Å². The maximum absolute atomic E-state index is 11.1. The maximum Gasteiger partial charge on any atom is 0.163 e. The Morgan fingerprint density at radius 1 is 1.55 bits per heavy atom. The molecule has 0 radical (unpaired) electrons. The third kappa shape index (κ3) is 1.35. The van der Waals surface area contributed by atoms with Crippen molar-refractivity contribution in [1.82, 2.24) is 0 Å². The molecule has 0 aromatic rings. The Bertz CT molecular complexity index is 212. The lowest BCUT2D eigenvalue weighted by molar-refractivity contribution is -0.131. The van der Waals surface area contributed by atoms with Crippen molar-refractivity contribution in [2.45, 2.75) is 11.7 Å². The number of Topliss-reactive ketones (excluding diaryl/α,β-unsaturated/α-hetero) is 2. The Morgan fingerprint density at radius 3 is 2.45 bits per heavy atom. The van der Waals surface area contributed by atoms with Crippen molar-refractivity contribution in [2.75, 3.05) is 6.26 Å². The van der Waals surface area contributed by atoms with Crippen molar-refractivity contribution in [2.24, 2.45) is 5.92 Å². The summed E-state index contributed by atoms with van der Waals surface area (Å²) in [7, 11) is 0. The van der Waals surface area contributed by atoms with Gasteiger partial charge in [0.05, 0.1) is 5.25 Å². The molecule has 1 aliphatic carbocycles. The van der Waals surface area contributed by atoms with Crippen LogP contribution in [0.1, 0.15) is 6.42 Å². The van der Waals surface area contributed by atoms with Gasteiger partial charge in [-0.25, -0.2) is 0 Å². The molecule has 2 unspecified atom stereocenters. The van der Waals surface area contributed by atoms with Crippen molar-refractivity contribution in [3.63, 3.8) is 0 Å². The number of carbonyl (C=O) groups excluding carboxylic acids is 3. The fraction of sp³-hybridized carbons (Fsp3) is 0.571. The van der Waals surface area contributed by atoms with Crippen molar-refractivity contribution < 1.29 is 14.4 Å². The van der Waals surface area contributed by atoms with E-state index in [9.17, 15) is 14.4 Å². The van der Waals surface area contributed by atoms with Crippen LogP contribution in [0.5, 0.6) is 0 Å². The Balaban J connectivity index is 2.78. The summed E-state index contributed by atoms with van der Waals surface area (Å²) in [5, 5.41) is -0.280. The van der Waals surface area contributed by atoms with Gasteiger partial charge in [-0.3, -0.25) is 9.59 Å². The lowest BCUT2D eigenvalue weighted by atomic mass is 10.1. The number of hydrogen-bond acceptors (Lipinski definition) is 4. The first-order valence-electron chi connectivity index (χ1n) is 3.25. The SMILES string of the molecule is CSC1CC(=O)C(C=O)C1=O. The van der Waals surface area contributed by atoms with Gasteiger partial charge in [0.1, 0.15) is 12.2 Å². The standard InChI is InChI=1S/C7H8O3S/c1-11-6-2-5(9)4(3-8)7(6)10/h3-4,6H,2H2,1H3. The maximum atomic E-state index is 11.1. The molecule has 0 saturated heterocycles. The molecular formula is C7H8O3S. The molecule has 1 fully saturated rings. The van der Waals surface area contributed by atoms with Gasteiger partial charge in [-0.15, -0.1) is 0 Å². The third-order valence-electron chi connectivity index (χ3n) is 1.78. The summed E-state index contributed by atoms with van der Waals surface area (Å²) >= 11 is 1.33. The van der Waals surface area contributed by atoms with Crippen LogP contribution in [-0.2, 0) is 14.4 Å². The number of thioether (sulfide) groups is 1. The zero-order valence-electron chi connectivity index (χ0n) is 6.07. The molecule has 0 heterocycles. The van der Waals surface area contributed by atoms with Gasteiger partial charge in [0, 0.05) is 6.42 Å². The zero-order valence-corrected chi connectivity index (χ0v) is 6.89. The Hall–Kier alpha value is -0.640. The molecule has 1 rings (SSSR count). The van der Waals surface area contributed by atoms with E-state index < -0.39 is 5.92 Å². The number of rotatable bonds is 2. The van der Waals surface area contributed by atoms with E-state index in [0.717, 1.165) is 0 Å². The van der Waals surface area contributed by atoms with Gasteiger partial charge in [-0.2, -0.15) is 11.8 Å². The molecule has 60 valence electrons.